The lowest BCUT2D eigenvalue weighted by molar-refractivity contribution is -0.107. The van der Waals surface area contributed by atoms with Crippen molar-refractivity contribution in [1.29, 1.82) is 10.7 Å². The van der Waals surface area contributed by atoms with Crippen LogP contribution in [0.2, 0.25) is 0 Å². The van der Waals surface area contributed by atoms with E-state index in [4.69, 9.17) is 11.1 Å². The van der Waals surface area contributed by atoms with Crippen LogP contribution in [-0.4, -0.2) is 18.0 Å². The molecule has 5 nitrogen and oxygen atoms in total. The first kappa shape index (κ1) is 20.9. The second-order valence-electron chi connectivity index (χ2n) is 8.16. The molecule has 0 aromatic heterocycles. The normalized spacial score (nSPS) is 21.4. The maximum atomic E-state index is 10.7. The standard InChI is InChI=1S/C24H30N4O/c1-16-14-19(10-9-18(16)15-25)28-24(17-6-2-3-7-17)21-11-12-22(26)20(23(21)27)8-4-5-13-29/h4,8-10,13-14,17,21,24,27-28H,2-3,5-7,11-12,26H2,1H3/b8-4-,27-23?. The average molecular weight is 391 g/mol. The quantitative estimate of drug-likeness (QED) is 0.591. The lowest BCUT2D eigenvalue weighted by Gasteiger charge is -2.37. The highest BCUT2D eigenvalue weighted by Gasteiger charge is 2.36. The van der Waals surface area contributed by atoms with Crippen molar-refractivity contribution >= 4 is 17.7 Å². The number of rotatable bonds is 7. The van der Waals surface area contributed by atoms with Gasteiger partial charge in [-0.2, -0.15) is 5.26 Å². The van der Waals surface area contributed by atoms with Gasteiger partial charge in [0.15, 0.2) is 0 Å². The van der Waals surface area contributed by atoms with E-state index in [1.807, 2.05) is 31.2 Å². The first-order chi connectivity index (χ1) is 14.0. The van der Waals surface area contributed by atoms with Gasteiger partial charge in [0.25, 0.3) is 0 Å². The van der Waals surface area contributed by atoms with E-state index in [-0.39, 0.29) is 12.0 Å². The number of nitrogens with two attached hydrogens (primary N) is 1. The van der Waals surface area contributed by atoms with Crippen LogP contribution >= 0.6 is 0 Å². The van der Waals surface area contributed by atoms with Crippen LogP contribution in [-0.2, 0) is 4.79 Å². The molecule has 0 bridgehead atoms. The Morgan fingerprint density at radius 2 is 2.10 bits per heavy atom. The molecular weight excluding hydrogens is 360 g/mol. The number of carbonyl (C=O) groups is 1. The molecule has 1 fully saturated rings. The van der Waals surface area contributed by atoms with Crippen LogP contribution in [0.4, 0.5) is 5.69 Å². The molecule has 29 heavy (non-hydrogen) atoms. The van der Waals surface area contributed by atoms with E-state index >= 15 is 0 Å². The molecule has 0 radical (unpaired) electrons. The van der Waals surface area contributed by atoms with E-state index in [2.05, 4.69) is 11.4 Å². The first-order valence-corrected chi connectivity index (χ1v) is 10.5. The predicted octanol–water partition coefficient (Wildman–Crippen LogP) is 4.63. The van der Waals surface area contributed by atoms with Crippen molar-refractivity contribution in [3.8, 4) is 6.07 Å². The van der Waals surface area contributed by atoms with Crippen molar-refractivity contribution in [3.63, 3.8) is 0 Å². The highest BCUT2D eigenvalue weighted by Crippen LogP contribution is 2.38. The minimum atomic E-state index is 0.0808. The van der Waals surface area contributed by atoms with Crippen LogP contribution in [0, 0.1) is 35.5 Å². The van der Waals surface area contributed by atoms with Gasteiger partial charge in [0.1, 0.15) is 6.29 Å². The second-order valence-corrected chi connectivity index (χ2v) is 8.16. The molecule has 2 atom stereocenters. The number of allylic oxidation sites excluding steroid dienone is 4. The van der Waals surface area contributed by atoms with Crippen LogP contribution in [0.1, 0.15) is 56.1 Å². The van der Waals surface area contributed by atoms with Crippen LogP contribution in [0.15, 0.2) is 41.6 Å². The summed E-state index contributed by atoms with van der Waals surface area (Å²) < 4.78 is 0. The van der Waals surface area contributed by atoms with Gasteiger partial charge in [0.2, 0.25) is 0 Å². The molecule has 0 amide bonds. The number of nitriles is 1. The highest BCUT2D eigenvalue weighted by molar-refractivity contribution is 6.04. The Bertz CT molecular complexity index is 871. The van der Waals surface area contributed by atoms with E-state index < -0.39 is 0 Å². The third-order valence-corrected chi connectivity index (χ3v) is 6.27. The van der Waals surface area contributed by atoms with E-state index in [1.165, 1.54) is 25.7 Å². The molecule has 0 spiro atoms. The Kier molecular flexibility index (Phi) is 6.87. The molecule has 2 aliphatic rings. The summed E-state index contributed by atoms with van der Waals surface area (Å²) in [5.74, 6) is 0.605. The van der Waals surface area contributed by atoms with Crippen molar-refractivity contribution in [1.82, 2.24) is 0 Å². The van der Waals surface area contributed by atoms with Gasteiger partial charge in [0, 0.05) is 41.0 Å². The molecule has 1 aromatic carbocycles. The molecule has 4 N–H and O–H groups in total. The molecule has 5 heteroatoms. The highest BCUT2D eigenvalue weighted by atomic mass is 16.1. The fourth-order valence-electron chi connectivity index (χ4n) is 4.69. The number of benzene rings is 1. The summed E-state index contributed by atoms with van der Waals surface area (Å²) in [5.41, 5.74) is 11.0. The van der Waals surface area contributed by atoms with Crippen LogP contribution in [0.3, 0.4) is 0 Å². The SMILES string of the molecule is Cc1cc(NC(C2CCCC2)C2CCC(N)=C(/C=C\CC=O)C2=N)ccc1C#N. The van der Waals surface area contributed by atoms with E-state index in [0.717, 1.165) is 41.6 Å². The number of aryl methyl sites for hydroxylation is 1. The van der Waals surface area contributed by atoms with Crippen LogP contribution < -0.4 is 11.1 Å². The summed E-state index contributed by atoms with van der Waals surface area (Å²) in [4.78, 5) is 10.7. The zero-order valence-electron chi connectivity index (χ0n) is 17.1. The molecule has 152 valence electrons. The van der Waals surface area contributed by atoms with Crippen molar-refractivity contribution in [2.45, 2.75) is 57.9 Å². The minimum Gasteiger partial charge on any atom is -0.402 e. The summed E-state index contributed by atoms with van der Waals surface area (Å²) in [6.45, 7) is 1.95. The number of aldehydes is 1. The van der Waals surface area contributed by atoms with E-state index in [0.29, 0.717) is 23.6 Å². The van der Waals surface area contributed by atoms with Gasteiger partial charge in [-0.15, -0.1) is 0 Å². The summed E-state index contributed by atoms with van der Waals surface area (Å²) in [7, 11) is 0. The maximum absolute atomic E-state index is 10.7. The topological polar surface area (TPSA) is 103 Å². The Hall–Kier alpha value is -2.87. The number of hydrogen-bond acceptors (Lipinski definition) is 5. The zero-order valence-corrected chi connectivity index (χ0v) is 17.1. The summed E-state index contributed by atoms with van der Waals surface area (Å²) >= 11 is 0. The van der Waals surface area contributed by atoms with Gasteiger partial charge in [0.05, 0.1) is 11.6 Å². The lowest BCUT2D eigenvalue weighted by atomic mass is 9.75. The third kappa shape index (κ3) is 4.76. The Morgan fingerprint density at radius 3 is 2.76 bits per heavy atom. The summed E-state index contributed by atoms with van der Waals surface area (Å²) in [5, 5.41) is 21.8. The second kappa shape index (κ2) is 9.56. The first-order valence-electron chi connectivity index (χ1n) is 10.5. The van der Waals surface area contributed by atoms with Gasteiger partial charge < -0.3 is 21.3 Å². The fourth-order valence-corrected chi connectivity index (χ4v) is 4.69. The Morgan fingerprint density at radius 1 is 1.34 bits per heavy atom. The lowest BCUT2D eigenvalue weighted by Crippen LogP contribution is -2.42. The molecular formula is C24H30N4O. The predicted molar refractivity (Wildman–Crippen MR) is 117 cm³/mol. The molecule has 2 aliphatic carbocycles. The van der Waals surface area contributed by atoms with Crippen LogP contribution in [0.25, 0.3) is 0 Å². The van der Waals surface area contributed by atoms with Crippen molar-refractivity contribution in [3.05, 3.63) is 52.7 Å². The number of nitrogens with one attached hydrogen (secondary N) is 2. The van der Waals surface area contributed by atoms with Gasteiger partial charge in [-0.1, -0.05) is 25.0 Å². The number of carbonyl (C=O) groups excluding carboxylic acids is 1. The van der Waals surface area contributed by atoms with E-state index in [1.54, 1.807) is 6.08 Å². The monoisotopic (exact) mass is 390 g/mol. The summed E-state index contributed by atoms with van der Waals surface area (Å²) in [6.07, 6.45) is 11.3. The molecule has 1 saturated carbocycles. The number of nitrogens with zero attached hydrogens (tertiary/aromatic N) is 1. The smallest absolute Gasteiger partial charge is 0.123 e. The molecule has 1 aromatic rings. The number of hydrogen-bond donors (Lipinski definition) is 3. The zero-order chi connectivity index (χ0) is 20.8. The van der Waals surface area contributed by atoms with Crippen molar-refractivity contribution in [2.24, 2.45) is 17.6 Å². The number of anilines is 1. The summed E-state index contributed by atoms with van der Waals surface area (Å²) in [6, 6.07) is 8.25. The Balaban J connectivity index is 1.87. The third-order valence-electron chi connectivity index (χ3n) is 6.27. The van der Waals surface area contributed by atoms with Gasteiger partial charge in [-0.25, -0.2) is 0 Å². The minimum absolute atomic E-state index is 0.0808. The molecule has 0 heterocycles. The van der Waals surface area contributed by atoms with Gasteiger partial charge >= 0.3 is 0 Å². The van der Waals surface area contributed by atoms with Crippen molar-refractivity contribution < 1.29 is 4.79 Å². The van der Waals surface area contributed by atoms with Crippen molar-refractivity contribution in [2.75, 3.05) is 5.32 Å². The van der Waals surface area contributed by atoms with E-state index in [9.17, 15) is 10.1 Å². The van der Waals surface area contributed by atoms with Crippen LogP contribution in [0.5, 0.6) is 0 Å². The molecule has 0 saturated heterocycles. The average Bonchev–Trinajstić information content (AvgIpc) is 3.24. The molecule has 0 aliphatic heterocycles. The Labute approximate surface area is 173 Å². The maximum Gasteiger partial charge on any atom is 0.123 e. The molecule has 3 rings (SSSR count). The largest absolute Gasteiger partial charge is 0.402 e. The fraction of sp³-hybridized carbons (Fsp3) is 0.458. The van der Waals surface area contributed by atoms with Gasteiger partial charge in [-0.05, 0) is 62.3 Å². The molecule has 2 unspecified atom stereocenters. The van der Waals surface area contributed by atoms with Gasteiger partial charge in [-0.3, -0.25) is 0 Å².